The van der Waals surface area contributed by atoms with Gasteiger partial charge in [0, 0.05) is 31.9 Å². The van der Waals surface area contributed by atoms with Crippen molar-refractivity contribution < 1.29 is 0 Å². The summed E-state index contributed by atoms with van der Waals surface area (Å²) in [6, 6.07) is 8.71. The van der Waals surface area contributed by atoms with Gasteiger partial charge in [-0.25, -0.2) is 9.97 Å². The Bertz CT molecular complexity index is 811. The van der Waals surface area contributed by atoms with Gasteiger partial charge in [0.05, 0.1) is 17.4 Å². The molecule has 0 aliphatic carbocycles. The van der Waals surface area contributed by atoms with Crippen molar-refractivity contribution in [3.8, 4) is 11.1 Å². The van der Waals surface area contributed by atoms with Crippen LogP contribution in [0.25, 0.3) is 22.2 Å². The van der Waals surface area contributed by atoms with E-state index in [1.54, 1.807) is 0 Å². The number of imidazole rings is 1. The summed E-state index contributed by atoms with van der Waals surface area (Å²) < 4.78 is 2.07. The summed E-state index contributed by atoms with van der Waals surface area (Å²) in [6.45, 7) is 4.38. The molecule has 2 aromatic heterocycles. The SMILES string of the molecule is Cc1cc(-c2ccc(N3CCCC3)nc2)cc2c1ncn2C. The molecule has 0 radical (unpaired) electrons. The van der Waals surface area contributed by atoms with Crippen molar-refractivity contribution in [3.63, 3.8) is 0 Å². The van der Waals surface area contributed by atoms with Crippen molar-refractivity contribution in [1.29, 1.82) is 0 Å². The first-order chi connectivity index (χ1) is 10.7. The van der Waals surface area contributed by atoms with Crippen LogP contribution in [0.4, 0.5) is 5.82 Å². The van der Waals surface area contributed by atoms with Crippen molar-refractivity contribution >= 4 is 16.9 Å². The van der Waals surface area contributed by atoms with Gasteiger partial charge in [-0.3, -0.25) is 0 Å². The lowest BCUT2D eigenvalue weighted by atomic mass is 10.0. The number of nitrogens with zero attached hydrogens (tertiary/aromatic N) is 4. The molecule has 4 nitrogen and oxygen atoms in total. The lowest BCUT2D eigenvalue weighted by Gasteiger charge is -2.16. The van der Waals surface area contributed by atoms with E-state index >= 15 is 0 Å². The average Bonchev–Trinajstić information content (AvgIpc) is 3.18. The fourth-order valence-corrected chi connectivity index (χ4v) is 3.26. The molecule has 4 heteroatoms. The monoisotopic (exact) mass is 292 g/mol. The van der Waals surface area contributed by atoms with E-state index in [0.29, 0.717) is 0 Å². The molecule has 3 aromatic rings. The van der Waals surface area contributed by atoms with E-state index in [1.807, 2.05) is 19.6 Å². The highest BCUT2D eigenvalue weighted by atomic mass is 15.2. The highest BCUT2D eigenvalue weighted by molar-refractivity contribution is 5.85. The molecule has 112 valence electrons. The Morgan fingerprint density at radius 2 is 1.82 bits per heavy atom. The van der Waals surface area contributed by atoms with Gasteiger partial charge >= 0.3 is 0 Å². The van der Waals surface area contributed by atoms with Crippen molar-refractivity contribution in [1.82, 2.24) is 14.5 Å². The molecule has 1 aromatic carbocycles. The molecule has 0 unspecified atom stereocenters. The molecule has 0 N–H and O–H groups in total. The second-order valence-corrected chi connectivity index (χ2v) is 6.12. The quantitative estimate of drug-likeness (QED) is 0.724. The maximum absolute atomic E-state index is 4.66. The first-order valence-electron chi connectivity index (χ1n) is 7.85. The van der Waals surface area contributed by atoms with Gasteiger partial charge in [0.15, 0.2) is 0 Å². The van der Waals surface area contributed by atoms with Crippen molar-refractivity contribution in [2.75, 3.05) is 18.0 Å². The van der Waals surface area contributed by atoms with Gasteiger partial charge in [0.2, 0.25) is 0 Å². The van der Waals surface area contributed by atoms with Crippen LogP contribution >= 0.6 is 0 Å². The van der Waals surface area contributed by atoms with Gasteiger partial charge in [-0.2, -0.15) is 0 Å². The number of fused-ring (bicyclic) bond motifs is 1. The van der Waals surface area contributed by atoms with Crippen molar-refractivity contribution in [2.24, 2.45) is 7.05 Å². The minimum absolute atomic E-state index is 1.08. The van der Waals surface area contributed by atoms with Crippen LogP contribution in [-0.4, -0.2) is 27.6 Å². The average molecular weight is 292 g/mol. The summed E-state index contributed by atoms with van der Waals surface area (Å²) in [5.74, 6) is 1.10. The molecule has 1 aliphatic rings. The van der Waals surface area contributed by atoms with Gasteiger partial charge in [-0.05, 0) is 55.2 Å². The van der Waals surface area contributed by atoms with Crippen LogP contribution in [-0.2, 0) is 7.05 Å². The van der Waals surface area contributed by atoms with E-state index in [9.17, 15) is 0 Å². The first kappa shape index (κ1) is 13.3. The van der Waals surface area contributed by atoms with E-state index in [2.05, 4.69) is 50.6 Å². The summed E-state index contributed by atoms with van der Waals surface area (Å²) in [6.07, 6.45) is 6.42. The van der Waals surface area contributed by atoms with Crippen LogP contribution in [0.5, 0.6) is 0 Å². The lowest BCUT2D eigenvalue weighted by Crippen LogP contribution is -2.18. The first-order valence-corrected chi connectivity index (χ1v) is 7.85. The molecular formula is C18H20N4. The summed E-state index contributed by atoms with van der Waals surface area (Å²) in [7, 11) is 2.03. The molecule has 0 saturated carbocycles. The second kappa shape index (κ2) is 5.13. The summed E-state index contributed by atoms with van der Waals surface area (Å²) >= 11 is 0. The number of anilines is 1. The van der Waals surface area contributed by atoms with Crippen LogP contribution in [0.2, 0.25) is 0 Å². The van der Waals surface area contributed by atoms with Crippen LogP contribution in [0, 0.1) is 6.92 Å². The molecular weight excluding hydrogens is 272 g/mol. The van der Waals surface area contributed by atoms with E-state index in [1.165, 1.54) is 29.5 Å². The number of hydrogen-bond acceptors (Lipinski definition) is 3. The predicted molar refractivity (Wildman–Crippen MR) is 90.1 cm³/mol. The van der Waals surface area contributed by atoms with Gasteiger partial charge in [0.1, 0.15) is 5.82 Å². The maximum Gasteiger partial charge on any atom is 0.128 e. The lowest BCUT2D eigenvalue weighted by molar-refractivity contribution is 0.938. The smallest absolute Gasteiger partial charge is 0.128 e. The zero-order chi connectivity index (χ0) is 15.1. The minimum Gasteiger partial charge on any atom is -0.357 e. The third-order valence-electron chi connectivity index (χ3n) is 4.53. The largest absolute Gasteiger partial charge is 0.357 e. The number of aromatic nitrogens is 3. The summed E-state index contributed by atoms with van der Waals surface area (Å²) in [4.78, 5) is 11.5. The molecule has 1 aliphatic heterocycles. The molecule has 0 atom stereocenters. The van der Waals surface area contributed by atoms with Gasteiger partial charge in [0.25, 0.3) is 0 Å². The molecule has 0 amide bonds. The fraction of sp³-hybridized carbons (Fsp3) is 0.333. The van der Waals surface area contributed by atoms with Crippen LogP contribution in [0.15, 0.2) is 36.8 Å². The molecule has 0 spiro atoms. The molecule has 1 fully saturated rings. The molecule has 0 bridgehead atoms. The standard InChI is InChI=1S/C18H20N4/c1-13-9-15(10-16-18(13)20-12-21(16)2)14-5-6-17(19-11-14)22-7-3-4-8-22/h5-6,9-12H,3-4,7-8H2,1-2H3. The number of pyridine rings is 1. The van der Waals surface area contributed by atoms with Crippen molar-refractivity contribution in [3.05, 3.63) is 42.4 Å². The maximum atomic E-state index is 4.66. The van der Waals surface area contributed by atoms with E-state index in [0.717, 1.165) is 30.0 Å². The molecule has 4 rings (SSSR count). The Kier molecular flexibility index (Phi) is 3.10. The Morgan fingerprint density at radius 3 is 2.55 bits per heavy atom. The molecule has 3 heterocycles. The topological polar surface area (TPSA) is 34.0 Å². The van der Waals surface area contributed by atoms with Crippen LogP contribution in [0.1, 0.15) is 18.4 Å². The fourth-order valence-electron chi connectivity index (χ4n) is 3.26. The highest BCUT2D eigenvalue weighted by Gasteiger charge is 2.13. The number of hydrogen-bond donors (Lipinski definition) is 0. The zero-order valence-electron chi connectivity index (χ0n) is 13.1. The second-order valence-electron chi connectivity index (χ2n) is 6.12. The Hall–Kier alpha value is -2.36. The van der Waals surface area contributed by atoms with E-state index in [4.69, 9.17) is 0 Å². The third-order valence-corrected chi connectivity index (χ3v) is 4.53. The number of aryl methyl sites for hydroxylation is 2. The highest BCUT2D eigenvalue weighted by Crippen LogP contribution is 2.27. The third kappa shape index (κ3) is 2.15. The van der Waals surface area contributed by atoms with Gasteiger partial charge < -0.3 is 9.47 Å². The Morgan fingerprint density at radius 1 is 1.00 bits per heavy atom. The van der Waals surface area contributed by atoms with Crippen LogP contribution < -0.4 is 4.90 Å². The van der Waals surface area contributed by atoms with E-state index < -0.39 is 0 Å². The Labute approximate surface area is 130 Å². The van der Waals surface area contributed by atoms with E-state index in [-0.39, 0.29) is 0 Å². The molecule has 22 heavy (non-hydrogen) atoms. The normalized spacial score (nSPS) is 14.9. The van der Waals surface area contributed by atoms with Gasteiger partial charge in [-0.1, -0.05) is 0 Å². The molecule has 1 saturated heterocycles. The van der Waals surface area contributed by atoms with Gasteiger partial charge in [-0.15, -0.1) is 0 Å². The minimum atomic E-state index is 1.08. The van der Waals surface area contributed by atoms with Crippen molar-refractivity contribution in [2.45, 2.75) is 19.8 Å². The van der Waals surface area contributed by atoms with Crippen LogP contribution in [0.3, 0.4) is 0 Å². The Balaban J connectivity index is 1.73. The number of rotatable bonds is 2. The number of benzene rings is 1. The summed E-state index contributed by atoms with van der Waals surface area (Å²) in [5.41, 5.74) is 5.81. The zero-order valence-corrected chi connectivity index (χ0v) is 13.1. The summed E-state index contributed by atoms with van der Waals surface area (Å²) in [5, 5.41) is 0. The predicted octanol–water partition coefficient (Wildman–Crippen LogP) is 3.54.